The number of hydrogen-bond donors (Lipinski definition) is 0. The summed E-state index contributed by atoms with van der Waals surface area (Å²) in [5.41, 5.74) is 4.49. The van der Waals surface area contributed by atoms with Crippen molar-refractivity contribution in [3.63, 3.8) is 0 Å². The quantitative estimate of drug-likeness (QED) is 0.681. The summed E-state index contributed by atoms with van der Waals surface area (Å²) in [6.45, 7) is 3.18. The summed E-state index contributed by atoms with van der Waals surface area (Å²) in [7, 11) is 3.71. The van der Waals surface area contributed by atoms with Crippen LogP contribution < -0.4 is 4.74 Å². The number of rotatable bonds is 6. The van der Waals surface area contributed by atoms with Gasteiger partial charge in [0.2, 0.25) is 0 Å². The lowest BCUT2D eigenvalue weighted by atomic mass is 10.2. The van der Waals surface area contributed by atoms with Crippen LogP contribution in [-0.2, 0) is 25.0 Å². The Balaban J connectivity index is 1.58. The van der Waals surface area contributed by atoms with Crippen LogP contribution in [0.15, 0.2) is 41.9 Å². The minimum Gasteiger partial charge on any atom is -0.497 e. The average molecular weight is 328 g/mol. The molecule has 3 rings (SSSR count). The Bertz CT molecular complexity index is 775. The van der Waals surface area contributed by atoms with E-state index in [0.29, 0.717) is 13.2 Å². The van der Waals surface area contributed by atoms with Crippen LogP contribution >= 0.6 is 11.3 Å². The molecule has 0 radical (unpaired) electrons. The van der Waals surface area contributed by atoms with Crippen molar-refractivity contribution in [1.29, 1.82) is 0 Å². The summed E-state index contributed by atoms with van der Waals surface area (Å²) in [5.74, 6) is 0.857. The Kier molecular flexibility index (Phi) is 4.79. The van der Waals surface area contributed by atoms with Crippen molar-refractivity contribution in [1.82, 2.24) is 9.55 Å². The number of aromatic nitrogens is 2. The van der Waals surface area contributed by atoms with Gasteiger partial charge in [-0.25, -0.2) is 4.98 Å². The maximum Gasteiger partial charge on any atom is 0.140 e. The van der Waals surface area contributed by atoms with Gasteiger partial charge in [0, 0.05) is 18.6 Å². The van der Waals surface area contributed by atoms with Gasteiger partial charge in [-0.2, -0.15) is 0 Å². The highest BCUT2D eigenvalue weighted by atomic mass is 32.1. The van der Waals surface area contributed by atoms with Crippen molar-refractivity contribution >= 4 is 11.3 Å². The minimum atomic E-state index is 0.520. The predicted octanol–water partition coefficient (Wildman–Crippen LogP) is 4.18. The molecule has 0 aliphatic heterocycles. The molecule has 2 heterocycles. The smallest absolute Gasteiger partial charge is 0.140 e. The molecule has 23 heavy (non-hydrogen) atoms. The molecule has 0 aliphatic rings. The number of nitrogens with zero attached hydrogens (tertiary/aromatic N) is 2. The fourth-order valence-corrected chi connectivity index (χ4v) is 3.29. The first-order valence-electron chi connectivity index (χ1n) is 7.44. The van der Waals surface area contributed by atoms with Crippen LogP contribution in [0.2, 0.25) is 0 Å². The second-order valence-corrected chi connectivity index (χ2v) is 6.36. The first-order valence-corrected chi connectivity index (χ1v) is 8.32. The maximum absolute atomic E-state index is 5.76. The molecule has 0 unspecified atom stereocenters. The Labute approximate surface area is 140 Å². The topological polar surface area (TPSA) is 36.3 Å². The number of thiazole rings is 1. The van der Waals surface area contributed by atoms with Crippen molar-refractivity contribution in [2.45, 2.75) is 20.1 Å². The summed E-state index contributed by atoms with van der Waals surface area (Å²) in [5, 5.41) is 3.09. The van der Waals surface area contributed by atoms with Gasteiger partial charge in [-0.15, -0.1) is 11.3 Å². The molecule has 0 bridgehead atoms. The van der Waals surface area contributed by atoms with Gasteiger partial charge in [0.25, 0.3) is 0 Å². The highest BCUT2D eigenvalue weighted by Crippen LogP contribution is 2.25. The van der Waals surface area contributed by atoms with Gasteiger partial charge in [-0.1, -0.05) is 12.1 Å². The zero-order valence-electron chi connectivity index (χ0n) is 13.6. The molecule has 0 fully saturated rings. The van der Waals surface area contributed by atoms with Crippen LogP contribution in [0, 0.1) is 6.92 Å². The minimum absolute atomic E-state index is 0.520. The molecule has 4 nitrogen and oxygen atoms in total. The van der Waals surface area contributed by atoms with Gasteiger partial charge >= 0.3 is 0 Å². The lowest BCUT2D eigenvalue weighted by Gasteiger charge is -2.04. The number of hydrogen-bond acceptors (Lipinski definition) is 4. The lowest BCUT2D eigenvalue weighted by molar-refractivity contribution is 0.105. The molecule has 0 spiro atoms. The third-order valence-electron chi connectivity index (χ3n) is 3.59. The van der Waals surface area contributed by atoms with E-state index in [2.05, 4.69) is 34.1 Å². The van der Waals surface area contributed by atoms with E-state index in [1.807, 2.05) is 31.3 Å². The van der Waals surface area contributed by atoms with Gasteiger partial charge < -0.3 is 14.0 Å². The number of aryl methyl sites for hydroxylation is 2. The number of benzene rings is 1. The van der Waals surface area contributed by atoms with E-state index in [4.69, 9.17) is 9.47 Å². The Morgan fingerprint density at radius 3 is 2.61 bits per heavy atom. The zero-order valence-corrected chi connectivity index (χ0v) is 14.4. The molecular formula is C18H20N2O2S. The molecule has 0 N–H and O–H groups in total. The van der Waals surface area contributed by atoms with Gasteiger partial charge in [-0.3, -0.25) is 0 Å². The van der Waals surface area contributed by atoms with Gasteiger partial charge in [0.15, 0.2) is 0 Å². The first kappa shape index (κ1) is 15.8. The average Bonchev–Trinajstić information content (AvgIpc) is 3.14. The van der Waals surface area contributed by atoms with Crippen molar-refractivity contribution < 1.29 is 9.47 Å². The van der Waals surface area contributed by atoms with Crippen LogP contribution in [0.25, 0.3) is 10.7 Å². The molecule has 3 aromatic rings. The summed E-state index contributed by atoms with van der Waals surface area (Å²) >= 11 is 1.65. The molecule has 120 valence electrons. The third kappa shape index (κ3) is 3.81. The van der Waals surface area contributed by atoms with E-state index in [9.17, 15) is 0 Å². The Morgan fingerprint density at radius 2 is 1.96 bits per heavy atom. The fraction of sp³-hybridized carbons (Fsp3) is 0.278. The SMILES string of the molecule is COc1ccc(COCc2csc(-c3cc(C)cn3C)n2)cc1. The van der Waals surface area contributed by atoms with E-state index >= 15 is 0 Å². The van der Waals surface area contributed by atoms with E-state index in [1.165, 1.54) is 5.56 Å². The highest BCUT2D eigenvalue weighted by Gasteiger charge is 2.09. The van der Waals surface area contributed by atoms with Crippen LogP contribution in [0.3, 0.4) is 0 Å². The van der Waals surface area contributed by atoms with Crippen molar-refractivity contribution in [3.05, 3.63) is 58.7 Å². The fourth-order valence-electron chi connectivity index (χ4n) is 2.43. The molecule has 0 saturated carbocycles. The first-order chi connectivity index (χ1) is 11.2. The Hall–Kier alpha value is -2.11. The highest BCUT2D eigenvalue weighted by molar-refractivity contribution is 7.13. The molecule has 0 saturated heterocycles. The summed E-state index contributed by atoms with van der Waals surface area (Å²) < 4.78 is 13.0. The molecular weight excluding hydrogens is 308 g/mol. The predicted molar refractivity (Wildman–Crippen MR) is 92.7 cm³/mol. The Morgan fingerprint density at radius 1 is 1.17 bits per heavy atom. The van der Waals surface area contributed by atoms with Crippen molar-refractivity contribution in [2.24, 2.45) is 7.05 Å². The van der Waals surface area contributed by atoms with Crippen LogP contribution in [0.1, 0.15) is 16.8 Å². The van der Waals surface area contributed by atoms with E-state index in [-0.39, 0.29) is 0 Å². The summed E-state index contributed by atoms with van der Waals surface area (Å²) in [6, 6.07) is 10.1. The van der Waals surface area contributed by atoms with E-state index in [1.54, 1.807) is 18.4 Å². The molecule has 0 aliphatic carbocycles. The zero-order chi connectivity index (χ0) is 16.2. The monoisotopic (exact) mass is 328 g/mol. The van der Waals surface area contributed by atoms with Crippen LogP contribution in [0.4, 0.5) is 0 Å². The van der Waals surface area contributed by atoms with Crippen molar-refractivity contribution in [3.8, 4) is 16.5 Å². The van der Waals surface area contributed by atoms with Gasteiger partial charge in [-0.05, 0) is 36.2 Å². The van der Waals surface area contributed by atoms with Gasteiger partial charge in [0.1, 0.15) is 10.8 Å². The molecule has 1 aromatic carbocycles. The van der Waals surface area contributed by atoms with Crippen molar-refractivity contribution in [2.75, 3.05) is 7.11 Å². The normalized spacial score (nSPS) is 10.9. The molecule has 0 amide bonds. The standard InChI is InChI=1S/C18H20N2O2S/c1-13-8-17(20(2)9-13)18-19-15(12-23-18)11-22-10-14-4-6-16(21-3)7-5-14/h4-9,12H,10-11H2,1-3H3. The largest absolute Gasteiger partial charge is 0.497 e. The van der Waals surface area contributed by atoms with E-state index in [0.717, 1.165) is 27.7 Å². The van der Waals surface area contributed by atoms with Crippen LogP contribution in [0.5, 0.6) is 5.75 Å². The third-order valence-corrected chi connectivity index (χ3v) is 4.50. The molecule has 0 atom stereocenters. The number of methoxy groups -OCH3 is 1. The second kappa shape index (κ2) is 6.98. The van der Waals surface area contributed by atoms with E-state index < -0.39 is 0 Å². The second-order valence-electron chi connectivity index (χ2n) is 5.50. The molecule has 2 aromatic heterocycles. The van der Waals surface area contributed by atoms with Crippen LogP contribution in [-0.4, -0.2) is 16.7 Å². The maximum atomic E-state index is 5.76. The number of ether oxygens (including phenoxy) is 2. The summed E-state index contributed by atoms with van der Waals surface area (Å²) in [6.07, 6.45) is 2.11. The summed E-state index contributed by atoms with van der Waals surface area (Å²) in [4.78, 5) is 4.67. The molecule has 5 heteroatoms. The van der Waals surface area contributed by atoms with Gasteiger partial charge in [0.05, 0.1) is 31.7 Å². The lowest BCUT2D eigenvalue weighted by Crippen LogP contribution is -1.95.